The third-order valence-corrected chi connectivity index (χ3v) is 8.17. The normalized spacial score (nSPS) is 19.3. The molecule has 3 heteroatoms. The molecule has 0 bridgehead atoms. The molecule has 0 saturated carbocycles. The topological polar surface area (TPSA) is 12.5 Å². The summed E-state index contributed by atoms with van der Waals surface area (Å²) in [4.78, 5) is 2.67. The molecule has 1 spiro atoms. The molecule has 0 atom stereocenters. The van der Waals surface area contributed by atoms with Crippen molar-refractivity contribution >= 4 is 12.4 Å². The summed E-state index contributed by atoms with van der Waals surface area (Å²) in [6.07, 6.45) is 7.06. The first-order valence-corrected chi connectivity index (χ1v) is 12.4. The highest BCUT2D eigenvalue weighted by atomic mass is 35.5. The molecule has 0 amide bonds. The molecule has 172 valence electrons. The van der Waals surface area contributed by atoms with E-state index in [1.54, 1.807) is 22.3 Å². The van der Waals surface area contributed by atoms with E-state index in [0.29, 0.717) is 5.92 Å². The first-order valence-electron chi connectivity index (χ1n) is 12.4. The predicted molar refractivity (Wildman–Crippen MR) is 137 cm³/mol. The van der Waals surface area contributed by atoms with Crippen LogP contribution in [0.4, 0.5) is 0 Å². The van der Waals surface area contributed by atoms with Gasteiger partial charge in [0.1, 0.15) is 0 Å². The van der Waals surface area contributed by atoms with Gasteiger partial charge in [-0.05, 0) is 78.5 Å². The van der Waals surface area contributed by atoms with E-state index in [1.807, 2.05) is 0 Å². The molecule has 3 aromatic rings. The lowest BCUT2D eigenvalue weighted by atomic mass is 9.83. The molecule has 6 rings (SSSR count). The van der Waals surface area contributed by atoms with Crippen molar-refractivity contribution in [2.45, 2.75) is 56.7 Å². The highest BCUT2D eigenvalue weighted by molar-refractivity contribution is 5.85. The maximum absolute atomic E-state index is 6.37. The van der Waals surface area contributed by atoms with Crippen LogP contribution >= 0.6 is 12.4 Å². The summed E-state index contributed by atoms with van der Waals surface area (Å²) >= 11 is 0. The van der Waals surface area contributed by atoms with E-state index in [-0.39, 0.29) is 18.0 Å². The number of hydrogen-bond acceptors (Lipinski definition) is 2. The third-order valence-electron chi connectivity index (χ3n) is 8.17. The zero-order valence-electron chi connectivity index (χ0n) is 19.3. The first-order chi connectivity index (χ1) is 15.8. The average molecular weight is 460 g/mol. The quantitative estimate of drug-likeness (QED) is 0.433. The molecule has 1 fully saturated rings. The van der Waals surface area contributed by atoms with Gasteiger partial charge < -0.3 is 9.64 Å². The zero-order valence-corrected chi connectivity index (χ0v) is 20.2. The van der Waals surface area contributed by atoms with Gasteiger partial charge in [-0.3, -0.25) is 0 Å². The third kappa shape index (κ3) is 4.25. The number of benzene rings is 3. The Bertz CT molecular complexity index is 1050. The lowest BCUT2D eigenvalue weighted by molar-refractivity contribution is -0.0788. The smallest absolute Gasteiger partial charge is 0.0963 e. The fourth-order valence-electron chi connectivity index (χ4n) is 6.41. The fraction of sp³-hybridized carbons (Fsp3) is 0.400. The Morgan fingerprint density at radius 3 is 2.00 bits per heavy atom. The van der Waals surface area contributed by atoms with Crippen molar-refractivity contribution in [3.8, 4) is 0 Å². The molecule has 0 unspecified atom stereocenters. The number of ether oxygens (including phenoxy) is 1. The number of piperidine rings is 1. The number of likely N-dealkylation sites (tertiary alicyclic amines) is 1. The second-order valence-electron chi connectivity index (χ2n) is 9.87. The Hall–Kier alpha value is -2.13. The van der Waals surface area contributed by atoms with Gasteiger partial charge in [0.15, 0.2) is 0 Å². The maximum Gasteiger partial charge on any atom is 0.0963 e. The molecule has 1 aliphatic carbocycles. The standard InChI is InChI=1S/C30H33NO.ClH/c1-4-11-26-23(8-1)15-16-24-9-2-5-12-27(24)28(26)13-7-19-31-20-17-30(18-21-31)29-14-6-3-10-25(29)22-32-30;/h1-6,8-12,14,28H,7,13,15-22H2;1H. The summed E-state index contributed by atoms with van der Waals surface area (Å²) in [7, 11) is 0. The van der Waals surface area contributed by atoms with Crippen LogP contribution in [0.1, 0.15) is 65.0 Å². The molecule has 33 heavy (non-hydrogen) atoms. The number of hydrogen-bond donors (Lipinski definition) is 0. The molecule has 2 heterocycles. The lowest BCUT2D eigenvalue weighted by Crippen LogP contribution is -2.42. The second kappa shape index (κ2) is 9.62. The number of rotatable bonds is 4. The van der Waals surface area contributed by atoms with Crippen molar-refractivity contribution in [1.29, 1.82) is 0 Å². The van der Waals surface area contributed by atoms with E-state index >= 15 is 0 Å². The molecule has 3 aromatic carbocycles. The van der Waals surface area contributed by atoms with E-state index in [2.05, 4.69) is 77.7 Å². The van der Waals surface area contributed by atoms with Crippen molar-refractivity contribution in [2.75, 3.05) is 19.6 Å². The number of nitrogens with zero attached hydrogens (tertiary/aromatic N) is 1. The minimum atomic E-state index is -0.0216. The largest absolute Gasteiger partial charge is 0.365 e. The van der Waals surface area contributed by atoms with Gasteiger partial charge in [0.25, 0.3) is 0 Å². The van der Waals surface area contributed by atoms with Crippen LogP contribution < -0.4 is 0 Å². The van der Waals surface area contributed by atoms with Gasteiger partial charge in [-0.1, -0.05) is 72.8 Å². The van der Waals surface area contributed by atoms with Crippen LogP contribution in [0.5, 0.6) is 0 Å². The summed E-state index contributed by atoms with van der Waals surface area (Å²) in [6, 6.07) is 27.1. The molecule has 2 nitrogen and oxygen atoms in total. The number of aryl methyl sites for hydroxylation is 2. The molecule has 1 saturated heterocycles. The van der Waals surface area contributed by atoms with Gasteiger partial charge in [-0.2, -0.15) is 0 Å². The van der Waals surface area contributed by atoms with E-state index in [9.17, 15) is 0 Å². The fourth-order valence-corrected chi connectivity index (χ4v) is 6.41. The van der Waals surface area contributed by atoms with Gasteiger partial charge in [-0.15, -0.1) is 12.4 Å². The van der Waals surface area contributed by atoms with Crippen molar-refractivity contribution < 1.29 is 4.74 Å². The van der Waals surface area contributed by atoms with Crippen LogP contribution in [-0.2, 0) is 29.8 Å². The summed E-state index contributed by atoms with van der Waals surface area (Å²) in [6.45, 7) is 4.27. The number of halogens is 1. The monoisotopic (exact) mass is 459 g/mol. The second-order valence-corrected chi connectivity index (χ2v) is 9.87. The molecule has 2 aliphatic heterocycles. The van der Waals surface area contributed by atoms with Crippen LogP contribution in [0.25, 0.3) is 0 Å². The van der Waals surface area contributed by atoms with Gasteiger partial charge in [0, 0.05) is 19.0 Å². The summed E-state index contributed by atoms with van der Waals surface area (Å²) < 4.78 is 6.37. The van der Waals surface area contributed by atoms with Crippen molar-refractivity contribution in [3.05, 3.63) is 106 Å². The Morgan fingerprint density at radius 2 is 1.33 bits per heavy atom. The van der Waals surface area contributed by atoms with Crippen LogP contribution in [0, 0.1) is 0 Å². The highest BCUT2D eigenvalue weighted by Gasteiger charge is 2.42. The molecule has 0 aromatic heterocycles. The maximum atomic E-state index is 6.37. The molecular weight excluding hydrogens is 426 g/mol. The highest BCUT2D eigenvalue weighted by Crippen LogP contribution is 2.44. The van der Waals surface area contributed by atoms with Gasteiger partial charge in [0.2, 0.25) is 0 Å². The Labute approximate surface area is 204 Å². The number of fused-ring (bicyclic) bond motifs is 4. The van der Waals surface area contributed by atoms with Crippen LogP contribution in [0.2, 0.25) is 0 Å². The SMILES string of the molecule is Cl.c1ccc2c(c1)CCc1ccccc1C2CCCN1CCC2(CC1)OCc1ccccc12. The molecular formula is C30H34ClNO. The van der Waals surface area contributed by atoms with Gasteiger partial charge >= 0.3 is 0 Å². The van der Waals surface area contributed by atoms with Crippen LogP contribution in [0.15, 0.2) is 72.8 Å². The first kappa shape index (κ1) is 22.7. The van der Waals surface area contributed by atoms with Crippen LogP contribution in [-0.4, -0.2) is 24.5 Å². The Balaban J connectivity index is 0.00000228. The van der Waals surface area contributed by atoms with E-state index in [0.717, 1.165) is 32.5 Å². The van der Waals surface area contributed by atoms with E-state index < -0.39 is 0 Å². The summed E-state index contributed by atoms with van der Waals surface area (Å²) in [5.74, 6) is 0.533. The Kier molecular flexibility index (Phi) is 6.60. The predicted octanol–water partition coefficient (Wildman–Crippen LogP) is 6.64. The van der Waals surface area contributed by atoms with Crippen molar-refractivity contribution in [3.63, 3.8) is 0 Å². The summed E-state index contributed by atoms with van der Waals surface area (Å²) in [5, 5.41) is 0. The van der Waals surface area contributed by atoms with Crippen molar-refractivity contribution in [1.82, 2.24) is 4.90 Å². The average Bonchev–Trinajstić information content (AvgIpc) is 3.12. The lowest BCUT2D eigenvalue weighted by Gasteiger charge is -2.39. The minimum Gasteiger partial charge on any atom is -0.365 e. The molecule has 0 N–H and O–H groups in total. The van der Waals surface area contributed by atoms with E-state index in [1.165, 1.54) is 43.4 Å². The van der Waals surface area contributed by atoms with E-state index in [4.69, 9.17) is 4.74 Å². The van der Waals surface area contributed by atoms with Crippen molar-refractivity contribution in [2.24, 2.45) is 0 Å². The molecule has 3 aliphatic rings. The van der Waals surface area contributed by atoms with Crippen LogP contribution in [0.3, 0.4) is 0 Å². The Morgan fingerprint density at radius 1 is 0.758 bits per heavy atom. The van der Waals surface area contributed by atoms with Gasteiger partial charge in [0.05, 0.1) is 12.2 Å². The summed E-state index contributed by atoms with van der Waals surface area (Å²) in [5.41, 5.74) is 9.04. The zero-order chi connectivity index (χ0) is 21.4. The molecule has 0 radical (unpaired) electrons. The minimum absolute atomic E-state index is 0. The van der Waals surface area contributed by atoms with Gasteiger partial charge in [-0.25, -0.2) is 0 Å².